The Labute approximate surface area is 118 Å². The predicted octanol–water partition coefficient (Wildman–Crippen LogP) is 2.08. The number of benzene rings is 1. The molecule has 0 radical (unpaired) electrons. The van der Waals surface area contributed by atoms with Crippen molar-refractivity contribution < 1.29 is 14.7 Å². The summed E-state index contributed by atoms with van der Waals surface area (Å²) in [5.41, 5.74) is -0.884. The van der Waals surface area contributed by atoms with Crippen LogP contribution in [0.5, 0.6) is 0 Å². The van der Waals surface area contributed by atoms with Crippen LogP contribution in [0, 0.1) is 5.92 Å². The topological polar surface area (TPSA) is 78.4 Å². The first-order chi connectivity index (χ1) is 9.41. The third-order valence-electron chi connectivity index (χ3n) is 3.85. The van der Waals surface area contributed by atoms with Crippen LogP contribution in [-0.4, -0.2) is 23.1 Å². The quantitative estimate of drug-likeness (QED) is 0.788. The van der Waals surface area contributed by atoms with Gasteiger partial charge in [-0.05, 0) is 31.2 Å². The van der Waals surface area contributed by atoms with Crippen molar-refractivity contribution in [1.82, 2.24) is 10.6 Å². The number of hydrogen-bond acceptors (Lipinski definition) is 2. The lowest BCUT2D eigenvalue weighted by atomic mass is 9.82. The highest BCUT2D eigenvalue weighted by molar-refractivity contribution is 5.87. The van der Waals surface area contributed by atoms with E-state index in [9.17, 15) is 14.7 Å². The Hall–Kier alpha value is -2.04. The van der Waals surface area contributed by atoms with Crippen molar-refractivity contribution in [3.05, 3.63) is 35.9 Å². The van der Waals surface area contributed by atoms with Crippen LogP contribution in [0.1, 0.15) is 32.3 Å². The van der Waals surface area contributed by atoms with Crippen molar-refractivity contribution in [1.29, 1.82) is 0 Å². The van der Waals surface area contributed by atoms with Gasteiger partial charge in [0.2, 0.25) is 0 Å². The molecule has 5 heteroatoms. The Morgan fingerprint density at radius 2 is 1.85 bits per heavy atom. The number of carbonyl (C=O) groups is 2. The predicted molar refractivity (Wildman–Crippen MR) is 75.3 cm³/mol. The number of carboxylic acid groups (broad SMARTS) is 1. The molecule has 20 heavy (non-hydrogen) atoms. The van der Waals surface area contributed by atoms with E-state index in [0.717, 1.165) is 12.8 Å². The van der Waals surface area contributed by atoms with Gasteiger partial charge in [-0.15, -0.1) is 0 Å². The van der Waals surface area contributed by atoms with Crippen LogP contribution in [-0.2, 0) is 10.3 Å². The molecule has 1 aliphatic carbocycles. The summed E-state index contributed by atoms with van der Waals surface area (Å²) < 4.78 is 0. The first kappa shape index (κ1) is 14.4. The van der Waals surface area contributed by atoms with Gasteiger partial charge in [0.25, 0.3) is 0 Å². The SMILES string of the molecule is CC1CC(NC(=O)NC(C)(C(=O)O)c2ccccc2)C1. The Kier molecular flexibility index (Phi) is 3.97. The molecule has 0 heterocycles. The number of carboxylic acids is 1. The maximum Gasteiger partial charge on any atom is 0.333 e. The molecule has 1 saturated carbocycles. The Morgan fingerprint density at radius 3 is 2.35 bits per heavy atom. The summed E-state index contributed by atoms with van der Waals surface area (Å²) >= 11 is 0. The third kappa shape index (κ3) is 2.92. The first-order valence-electron chi connectivity index (χ1n) is 6.79. The van der Waals surface area contributed by atoms with E-state index in [4.69, 9.17) is 0 Å². The third-order valence-corrected chi connectivity index (χ3v) is 3.85. The van der Waals surface area contributed by atoms with Crippen molar-refractivity contribution in [3.8, 4) is 0 Å². The summed E-state index contributed by atoms with van der Waals surface area (Å²) in [4.78, 5) is 23.5. The van der Waals surface area contributed by atoms with Gasteiger partial charge < -0.3 is 15.7 Å². The summed E-state index contributed by atoms with van der Waals surface area (Å²) in [7, 11) is 0. The van der Waals surface area contributed by atoms with E-state index in [2.05, 4.69) is 17.6 Å². The van der Waals surface area contributed by atoms with E-state index in [1.54, 1.807) is 24.3 Å². The minimum absolute atomic E-state index is 0.152. The minimum atomic E-state index is -1.43. The van der Waals surface area contributed by atoms with E-state index in [1.165, 1.54) is 6.92 Å². The standard InChI is InChI=1S/C15H20N2O3/c1-10-8-12(9-10)16-14(20)17-15(2,13(18)19)11-6-4-3-5-7-11/h3-7,10,12H,8-9H2,1-2H3,(H,18,19)(H2,16,17,20). The summed E-state index contributed by atoms with van der Waals surface area (Å²) in [5, 5.41) is 14.8. The average molecular weight is 276 g/mol. The lowest BCUT2D eigenvalue weighted by Gasteiger charge is -2.35. The molecule has 0 bridgehead atoms. The van der Waals surface area contributed by atoms with E-state index >= 15 is 0 Å². The second kappa shape index (κ2) is 5.53. The van der Waals surface area contributed by atoms with Gasteiger partial charge in [-0.25, -0.2) is 9.59 Å². The van der Waals surface area contributed by atoms with Crippen LogP contribution in [0.25, 0.3) is 0 Å². The van der Waals surface area contributed by atoms with E-state index in [1.807, 2.05) is 6.07 Å². The van der Waals surface area contributed by atoms with Gasteiger partial charge in [0.05, 0.1) is 0 Å². The molecule has 2 amide bonds. The van der Waals surface area contributed by atoms with E-state index < -0.39 is 17.5 Å². The molecule has 1 aromatic rings. The second-order valence-electron chi connectivity index (χ2n) is 5.67. The number of rotatable bonds is 4. The lowest BCUT2D eigenvalue weighted by Crippen LogP contribution is -2.56. The van der Waals surface area contributed by atoms with Crippen molar-refractivity contribution >= 4 is 12.0 Å². The highest BCUT2D eigenvalue weighted by Crippen LogP contribution is 2.26. The van der Waals surface area contributed by atoms with Gasteiger partial charge in [0, 0.05) is 6.04 Å². The monoisotopic (exact) mass is 276 g/mol. The van der Waals surface area contributed by atoms with Crippen molar-refractivity contribution in [2.45, 2.75) is 38.3 Å². The van der Waals surface area contributed by atoms with Gasteiger partial charge >= 0.3 is 12.0 Å². The average Bonchev–Trinajstić information content (AvgIpc) is 2.37. The largest absolute Gasteiger partial charge is 0.479 e. The molecule has 1 unspecified atom stereocenters. The minimum Gasteiger partial charge on any atom is -0.479 e. The second-order valence-corrected chi connectivity index (χ2v) is 5.67. The van der Waals surface area contributed by atoms with Crippen LogP contribution in [0.4, 0.5) is 4.79 Å². The molecule has 3 N–H and O–H groups in total. The summed E-state index contributed by atoms with van der Waals surface area (Å²) in [5.74, 6) is -0.457. The number of urea groups is 1. The molecule has 108 valence electrons. The van der Waals surface area contributed by atoms with Crippen molar-refractivity contribution in [2.24, 2.45) is 5.92 Å². The van der Waals surface area contributed by atoms with E-state index in [0.29, 0.717) is 11.5 Å². The zero-order valence-corrected chi connectivity index (χ0v) is 11.7. The first-order valence-corrected chi connectivity index (χ1v) is 6.79. The molecular formula is C15H20N2O3. The van der Waals surface area contributed by atoms with Gasteiger partial charge in [-0.2, -0.15) is 0 Å². The molecule has 0 spiro atoms. The fourth-order valence-corrected chi connectivity index (χ4v) is 2.49. The molecule has 5 nitrogen and oxygen atoms in total. The zero-order chi connectivity index (χ0) is 14.8. The molecule has 1 atom stereocenters. The summed E-state index contributed by atoms with van der Waals surface area (Å²) in [6, 6.07) is 8.42. The Balaban J connectivity index is 2.06. The number of hydrogen-bond donors (Lipinski definition) is 3. The van der Waals surface area contributed by atoms with Crippen LogP contribution in [0.15, 0.2) is 30.3 Å². The molecule has 2 rings (SSSR count). The number of aliphatic carboxylic acids is 1. The molecule has 0 saturated heterocycles. The smallest absolute Gasteiger partial charge is 0.333 e. The molecule has 0 aliphatic heterocycles. The molecule has 1 fully saturated rings. The summed E-state index contributed by atoms with van der Waals surface area (Å²) in [6.07, 6.45) is 1.89. The van der Waals surface area contributed by atoms with Crippen molar-refractivity contribution in [2.75, 3.05) is 0 Å². The maximum atomic E-state index is 12.0. The normalized spacial score (nSPS) is 24.1. The zero-order valence-electron chi connectivity index (χ0n) is 11.7. The molecule has 0 aromatic heterocycles. The van der Waals surface area contributed by atoms with Crippen LogP contribution >= 0.6 is 0 Å². The molecular weight excluding hydrogens is 256 g/mol. The van der Waals surface area contributed by atoms with Gasteiger partial charge in [-0.1, -0.05) is 37.3 Å². The highest BCUT2D eigenvalue weighted by Gasteiger charge is 2.37. The number of nitrogens with one attached hydrogen (secondary N) is 2. The number of amides is 2. The highest BCUT2D eigenvalue weighted by atomic mass is 16.4. The van der Waals surface area contributed by atoms with Gasteiger partial charge in [-0.3, -0.25) is 0 Å². The lowest BCUT2D eigenvalue weighted by molar-refractivity contribution is -0.144. The van der Waals surface area contributed by atoms with Crippen LogP contribution in [0.3, 0.4) is 0 Å². The number of carbonyl (C=O) groups excluding carboxylic acids is 1. The van der Waals surface area contributed by atoms with Crippen LogP contribution < -0.4 is 10.6 Å². The molecule has 1 aromatic carbocycles. The fraction of sp³-hybridized carbons (Fsp3) is 0.467. The van der Waals surface area contributed by atoms with Crippen LogP contribution in [0.2, 0.25) is 0 Å². The fourth-order valence-electron chi connectivity index (χ4n) is 2.49. The van der Waals surface area contributed by atoms with Gasteiger partial charge in [0.15, 0.2) is 5.54 Å². The maximum absolute atomic E-state index is 12.0. The van der Waals surface area contributed by atoms with Crippen molar-refractivity contribution in [3.63, 3.8) is 0 Å². The summed E-state index contributed by atoms with van der Waals surface area (Å²) in [6.45, 7) is 3.62. The van der Waals surface area contributed by atoms with E-state index in [-0.39, 0.29) is 6.04 Å². The molecule has 1 aliphatic rings. The van der Waals surface area contributed by atoms with Gasteiger partial charge in [0.1, 0.15) is 0 Å². The Bertz CT molecular complexity index is 497. The Morgan fingerprint density at radius 1 is 1.25 bits per heavy atom.